The van der Waals surface area contributed by atoms with Crippen LogP contribution in [-0.2, 0) is 16.0 Å². The summed E-state index contributed by atoms with van der Waals surface area (Å²) >= 11 is 1.64. The van der Waals surface area contributed by atoms with Crippen molar-refractivity contribution in [1.29, 1.82) is 0 Å². The van der Waals surface area contributed by atoms with Gasteiger partial charge in [0.05, 0.1) is 23.3 Å². The molecule has 2 aromatic rings. The molecule has 3 aliphatic heterocycles. The SMILES string of the molecule is COc1cc2c(cc1-c1cnc(N3CCC(CO)CC3)s1)CC(C(C)(C)C)N1C=C(C(=O)O)CC(C=O)=C21. The summed E-state index contributed by atoms with van der Waals surface area (Å²) in [5.41, 5.74) is 4.27. The molecule has 2 N–H and O–H groups in total. The molecule has 1 atom stereocenters. The van der Waals surface area contributed by atoms with E-state index in [0.717, 1.165) is 64.6 Å². The number of fused-ring (bicyclic) bond motifs is 3. The van der Waals surface area contributed by atoms with Gasteiger partial charge in [0, 0.05) is 61.3 Å². The minimum atomic E-state index is -1.00. The van der Waals surface area contributed by atoms with E-state index >= 15 is 0 Å². The normalized spacial score (nSPS) is 20.1. The number of hydrogen-bond donors (Lipinski definition) is 2. The molecule has 0 amide bonds. The first-order chi connectivity index (χ1) is 18.1. The number of carboxylic acid groups (broad SMARTS) is 1. The molecule has 1 saturated heterocycles. The third-order valence-electron chi connectivity index (χ3n) is 7.99. The molecule has 3 aliphatic rings. The van der Waals surface area contributed by atoms with Gasteiger partial charge in [-0.05, 0) is 48.3 Å². The molecule has 1 unspecified atom stereocenters. The third-order valence-corrected chi connectivity index (χ3v) is 9.08. The van der Waals surface area contributed by atoms with Crippen LogP contribution in [0.25, 0.3) is 16.1 Å². The van der Waals surface area contributed by atoms with Crippen LogP contribution in [-0.4, -0.2) is 65.2 Å². The van der Waals surface area contributed by atoms with Crippen LogP contribution in [0.2, 0.25) is 0 Å². The van der Waals surface area contributed by atoms with Crippen LogP contribution in [0.3, 0.4) is 0 Å². The summed E-state index contributed by atoms with van der Waals surface area (Å²) in [6, 6.07) is 4.12. The molecule has 0 aliphatic carbocycles. The van der Waals surface area contributed by atoms with Crippen LogP contribution in [0.4, 0.5) is 5.13 Å². The topological polar surface area (TPSA) is 103 Å². The van der Waals surface area contributed by atoms with Crippen molar-refractivity contribution in [3.63, 3.8) is 0 Å². The van der Waals surface area contributed by atoms with Gasteiger partial charge in [0.2, 0.25) is 0 Å². The van der Waals surface area contributed by atoms with E-state index in [0.29, 0.717) is 23.7 Å². The first-order valence-electron chi connectivity index (χ1n) is 13.1. The number of nitrogens with zero attached hydrogens (tertiary/aromatic N) is 3. The number of aldehydes is 1. The Morgan fingerprint density at radius 2 is 1.97 bits per heavy atom. The van der Waals surface area contributed by atoms with Crippen molar-refractivity contribution in [1.82, 2.24) is 9.88 Å². The number of aliphatic carboxylic acids is 1. The highest BCUT2D eigenvalue weighted by Gasteiger charge is 2.40. The summed E-state index contributed by atoms with van der Waals surface area (Å²) in [6.07, 6.45) is 7.12. The van der Waals surface area contributed by atoms with E-state index in [4.69, 9.17) is 9.72 Å². The number of ether oxygens (including phenoxy) is 1. The van der Waals surface area contributed by atoms with E-state index in [9.17, 15) is 19.8 Å². The zero-order chi connectivity index (χ0) is 27.2. The van der Waals surface area contributed by atoms with Crippen LogP contribution in [0, 0.1) is 11.3 Å². The number of aliphatic hydroxyl groups is 1. The number of rotatable bonds is 6. The average Bonchev–Trinajstić information content (AvgIpc) is 3.40. The highest BCUT2D eigenvalue weighted by Crippen LogP contribution is 2.48. The van der Waals surface area contributed by atoms with E-state index in [1.807, 2.05) is 17.2 Å². The molecule has 1 fully saturated rings. The molecular formula is C29H35N3O5S. The zero-order valence-corrected chi connectivity index (χ0v) is 23.2. The Morgan fingerprint density at radius 3 is 2.58 bits per heavy atom. The first-order valence-corrected chi connectivity index (χ1v) is 13.9. The quantitative estimate of drug-likeness (QED) is 0.516. The van der Waals surface area contributed by atoms with Gasteiger partial charge in [0.25, 0.3) is 0 Å². The lowest BCUT2D eigenvalue weighted by Gasteiger charge is -2.47. The molecule has 8 nitrogen and oxygen atoms in total. The minimum Gasteiger partial charge on any atom is -0.496 e. The Morgan fingerprint density at radius 1 is 1.24 bits per heavy atom. The number of hydrogen-bond acceptors (Lipinski definition) is 8. The van der Waals surface area contributed by atoms with Gasteiger partial charge in [-0.2, -0.15) is 0 Å². The van der Waals surface area contributed by atoms with Gasteiger partial charge in [0.1, 0.15) is 12.0 Å². The van der Waals surface area contributed by atoms with Crippen LogP contribution in [0.5, 0.6) is 5.75 Å². The van der Waals surface area contributed by atoms with Crippen LogP contribution < -0.4 is 9.64 Å². The second kappa shape index (κ2) is 10.2. The Bertz CT molecular complexity index is 1310. The Balaban J connectivity index is 1.57. The van der Waals surface area contributed by atoms with Crippen molar-refractivity contribution in [3.05, 3.63) is 46.8 Å². The van der Waals surface area contributed by atoms with Gasteiger partial charge in [-0.25, -0.2) is 9.78 Å². The van der Waals surface area contributed by atoms with Crippen molar-refractivity contribution in [3.8, 4) is 16.2 Å². The summed E-state index contributed by atoms with van der Waals surface area (Å²) in [7, 11) is 1.64. The van der Waals surface area contributed by atoms with Crippen molar-refractivity contribution < 1.29 is 24.5 Å². The lowest BCUT2D eigenvalue weighted by molar-refractivity contribution is -0.132. The molecule has 9 heteroatoms. The Kier molecular flexibility index (Phi) is 7.09. The number of allylic oxidation sites excluding steroid dienone is 1. The molecule has 0 bridgehead atoms. The van der Waals surface area contributed by atoms with E-state index in [1.54, 1.807) is 24.6 Å². The number of carboxylic acids is 1. The van der Waals surface area contributed by atoms with E-state index in [1.165, 1.54) is 0 Å². The van der Waals surface area contributed by atoms with Crippen LogP contribution in [0.1, 0.15) is 51.2 Å². The molecular weight excluding hydrogens is 502 g/mol. The number of aromatic nitrogens is 1. The predicted molar refractivity (Wildman–Crippen MR) is 148 cm³/mol. The number of benzene rings is 1. The highest BCUT2D eigenvalue weighted by atomic mass is 32.1. The van der Waals surface area contributed by atoms with Crippen molar-refractivity contribution in [2.45, 2.75) is 52.5 Å². The maximum Gasteiger partial charge on any atom is 0.333 e. The monoisotopic (exact) mass is 537 g/mol. The number of thiazole rings is 1. The maximum atomic E-state index is 12.2. The van der Waals surface area contributed by atoms with Gasteiger partial charge in [0.15, 0.2) is 5.13 Å². The number of anilines is 1. The number of carbonyl (C=O) groups excluding carboxylic acids is 1. The first kappa shape index (κ1) is 26.4. The van der Waals surface area contributed by atoms with E-state index < -0.39 is 5.97 Å². The number of methoxy groups -OCH3 is 1. The van der Waals surface area contributed by atoms with Gasteiger partial charge in [-0.3, -0.25) is 4.79 Å². The fourth-order valence-corrected chi connectivity index (χ4v) is 6.76. The average molecular weight is 538 g/mol. The van der Waals surface area contributed by atoms with Crippen LogP contribution >= 0.6 is 11.3 Å². The highest BCUT2D eigenvalue weighted by molar-refractivity contribution is 7.19. The summed E-state index contributed by atoms with van der Waals surface area (Å²) in [5.74, 6) is 0.0581. The van der Waals surface area contributed by atoms with Gasteiger partial charge >= 0.3 is 5.97 Å². The number of carbonyl (C=O) groups is 2. The summed E-state index contributed by atoms with van der Waals surface area (Å²) in [6.45, 7) is 8.44. The number of piperidine rings is 1. The van der Waals surface area contributed by atoms with Crippen molar-refractivity contribution in [2.24, 2.45) is 11.3 Å². The molecule has 0 spiro atoms. The predicted octanol–water partition coefficient (Wildman–Crippen LogP) is 4.58. The molecule has 0 saturated carbocycles. The lowest BCUT2D eigenvalue weighted by atomic mass is 9.75. The fraction of sp³-hybridized carbons (Fsp3) is 0.483. The third kappa shape index (κ3) is 4.73. The Labute approximate surface area is 227 Å². The standard InChI is InChI=1S/C29H35N3O5S/c1-29(2,3)25-11-18-10-22(24-13-30-28(38-24)31-7-5-17(15-33)6-8-31)23(37-4)12-21(18)26-20(16-34)9-19(27(35)36)14-32(25)26/h10,12-14,16-17,25,33H,5-9,11,15H2,1-4H3,(H,35,36). The summed E-state index contributed by atoms with van der Waals surface area (Å²) in [4.78, 5) is 34.1. The van der Waals surface area contributed by atoms with E-state index in [2.05, 4.69) is 31.7 Å². The zero-order valence-electron chi connectivity index (χ0n) is 22.4. The smallest absolute Gasteiger partial charge is 0.333 e. The van der Waals surface area contributed by atoms with Gasteiger partial charge < -0.3 is 24.7 Å². The van der Waals surface area contributed by atoms with Crippen molar-refractivity contribution in [2.75, 3.05) is 31.7 Å². The second-order valence-electron chi connectivity index (χ2n) is 11.5. The van der Waals surface area contributed by atoms with Crippen molar-refractivity contribution >= 4 is 34.4 Å². The fourth-order valence-electron chi connectivity index (χ4n) is 5.77. The molecule has 1 aromatic carbocycles. The number of aliphatic hydroxyl groups excluding tert-OH is 1. The largest absolute Gasteiger partial charge is 0.496 e. The minimum absolute atomic E-state index is 0.0271. The molecule has 38 heavy (non-hydrogen) atoms. The lowest BCUT2D eigenvalue weighted by Crippen LogP contribution is -2.46. The summed E-state index contributed by atoms with van der Waals surface area (Å²) < 4.78 is 5.85. The molecule has 202 valence electrons. The molecule has 1 aromatic heterocycles. The molecule has 0 radical (unpaired) electrons. The van der Waals surface area contributed by atoms with Gasteiger partial charge in [-0.1, -0.05) is 32.1 Å². The van der Waals surface area contributed by atoms with Crippen LogP contribution in [0.15, 0.2) is 35.7 Å². The Hall–Kier alpha value is -3.17. The molecule has 5 rings (SSSR count). The van der Waals surface area contributed by atoms with Gasteiger partial charge in [-0.15, -0.1) is 0 Å². The second-order valence-corrected chi connectivity index (χ2v) is 12.5. The maximum absolute atomic E-state index is 12.2. The van der Waals surface area contributed by atoms with E-state index in [-0.39, 0.29) is 30.1 Å². The molecule has 4 heterocycles. The summed E-state index contributed by atoms with van der Waals surface area (Å²) in [5, 5.41) is 20.2.